The molecule has 2 N–H and O–H groups in total. The zero-order valence-electron chi connectivity index (χ0n) is 12.7. The van der Waals surface area contributed by atoms with Crippen LogP contribution in [0, 0.1) is 5.92 Å². The summed E-state index contributed by atoms with van der Waals surface area (Å²) in [7, 11) is -3.65. The number of hydrogen-bond donors (Lipinski definition) is 1. The van der Waals surface area contributed by atoms with Crippen LogP contribution in [0.2, 0.25) is 10.0 Å². The van der Waals surface area contributed by atoms with Crippen molar-refractivity contribution in [2.24, 2.45) is 11.7 Å². The molecule has 0 spiro atoms. The molecule has 1 saturated heterocycles. The predicted octanol–water partition coefficient (Wildman–Crippen LogP) is 1.42. The Balaban J connectivity index is 2.09. The minimum Gasteiger partial charge on any atom is -0.340 e. The third-order valence-electron chi connectivity index (χ3n) is 3.85. The lowest BCUT2D eigenvalue weighted by molar-refractivity contribution is -0.135. The second-order valence-electron chi connectivity index (χ2n) is 5.44. The van der Waals surface area contributed by atoms with Gasteiger partial charge in [-0.25, -0.2) is 8.42 Å². The lowest BCUT2D eigenvalue weighted by atomic mass is 10.1. The van der Waals surface area contributed by atoms with Gasteiger partial charge in [0.05, 0.1) is 14.9 Å². The maximum atomic E-state index is 12.6. The van der Waals surface area contributed by atoms with Gasteiger partial charge in [-0.15, -0.1) is 0 Å². The van der Waals surface area contributed by atoms with E-state index in [0.717, 1.165) is 0 Å². The first kappa shape index (κ1) is 18.5. The molecule has 1 aromatic rings. The number of hydrogen-bond acceptors (Lipinski definition) is 4. The molecule has 1 unspecified atom stereocenters. The van der Waals surface area contributed by atoms with E-state index in [1.165, 1.54) is 22.5 Å². The highest BCUT2D eigenvalue weighted by molar-refractivity contribution is 7.89. The largest absolute Gasteiger partial charge is 0.340 e. The summed E-state index contributed by atoms with van der Waals surface area (Å²) in [6, 6.07) is 4.23. The van der Waals surface area contributed by atoms with Gasteiger partial charge in [0.25, 0.3) is 0 Å². The van der Waals surface area contributed by atoms with Gasteiger partial charge in [-0.3, -0.25) is 4.79 Å². The minimum atomic E-state index is -3.65. The van der Waals surface area contributed by atoms with E-state index in [9.17, 15) is 13.2 Å². The summed E-state index contributed by atoms with van der Waals surface area (Å²) in [5.74, 6) is -0.299. The summed E-state index contributed by atoms with van der Waals surface area (Å²) in [5.41, 5.74) is 5.50. The van der Waals surface area contributed by atoms with Crippen LogP contribution in [0.4, 0.5) is 0 Å². The fraction of sp³-hybridized carbons (Fsp3) is 0.500. The fourth-order valence-electron chi connectivity index (χ4n) is 2.35. The van der Waals surface area contributed by atoms with Crippen LogP contribution in [0.15, 0.2) is 23.1 Å². The Kier molecular flexibility index (Phi) is 5.91. The molecule has 0 saturated carbocycles. The number of piperazine rings is 1. The summed E-state index contributed by atoms with van der Waals surface area (Å²) in [6.45, 7) is 3.23. The van der Waals surface area contributed by atoms with Crippen LogP contribution in [0.25, 0.3) is 0 Å². The highest BCUT2D eigenvalue weighted by Crippen LogP contribution is 2.27. The summed E-state index contributed by atoms with van der Waals surface area (Å²) in [5, 5.41) is 0.495. The number of rotatable bonds is 4. The van der Waals surface area contributed by atoms with Gasteiger partial charge in [-0.2, -0.15) is 4.31 Å². The van der Waals surface area contributed by atoms with Crippen LogP contribution in [0.5, 0.6) is 0 Å². The monoisotopic (exact) mass is 379 g/mol. The first-order valence-electron chi connectivity index (χ1n) is 7.21. The van der Waals surface area contributed by atoms with Crippen LogP contribution in [0.1, 0.15) is 6.92 Å². The van der Waals surface area contributed by atoms with Crippen molar-refractivity contribution in [3.8, 4) is 0 Å². The Morgan fingerprint density at radius 2 is 1.83 bits per heavy atom. The third kappa shape index (κ3) is 3.97. The minimum absolute atomic E-state index is 0.0425. The van der Waals surface area contributed by atoms with Crippen LogP contribution >= 0.6 is 23.2 Å². The summed E-state index contributed by atoms with van der Waals surface area (Å²) >= 11 is 11.7. The van der Waals surface area contributed by atoms with E-state index in [1.807, 2.05) is 0 Å². The Labute approximate surface area is 146 Å². The van der Waals surface area contributed by atoms with Crippen molar-refractivity contribution in [1.29, 1.82) is 0 Å². The van der Waals surface area contributed by atoms with Crippen molar-refractivity contribution < 1.29 is 13.2 Å². The first-order chi connectivity index (χ1) is 10.8. The van der Waals surface area contributed by atoms with E-state index < -0.39 is 10.0 Å². The first-order valence-corrected chi connectivity index (χ1v) is 9.41. The van der Waals surface area contributed by atoms with E-state index >= 15 is 0 Å². The molecule has 128 valence electrons. The van der Waals surface area contributed by atoms with E-state index in [1.54, 1.807) is 11.8 Å². The molecule has 1 aromatic carbocycles. The van der Waals surface area contributed by atoms with Gasteiger partial charge in [-0.1, -0.05) is 30.1 Å². The van der Waals surface area contributed by atoms with Crippen molar-refractivity contribution in [2.75, 3.05) is 32.7 Å². The number of halogens is 2. The lowest BCUT2D eigenvalue weighted by Crippen LogP contribution is -2.52. The number of benzene rings is 1. The highest BCUT2D eigenvalue weighted by atomic mass is 35.5. The quantitative estimate of drug-likeness (QED) is 0.857. The molecule has 1 atom stereocenters. The van der Waals surface area contributed by atoms with Gasteiger partial charge in [0.15, 0.2) is 0 Å². The number of nitrogens with two attached hydrogens (primary N) is 1. The fourth-order valence-corrected chi connectivity index (χ4v) is 4.16. The topological polar surface area (TPSA) is 83.7 Å². The molecule has 1 heterocycles. The summed E-state index contributed by atoms with van der Waals surface area (Å²) in [4.78, 5) is 13.8. The molecule has 2 rings (SSSR count). The molecule has 1 aliphatic heterocycles. The van der Waals surface area contributed by atoms with Crippen molar-refractivity contribution in [1.82, 2.24) is 9.21 Å². The summed E-state index contributed by atoms with van der Waals surface area (Å²) in [6.07, 6.45) is 0. The number of carbonyl (C=O) groups is 1. The van der Waals surface area contributed by atoms with Crippen LogP contribution in [-0.2, 0) is 14.8 Å². The molecule has 6 nitrogen and oxygen atoms in total. The molecule has 9 heteroatoms. The second-order valence-corrected chi connectivity index (χ2v) is 8.19. The molecule has 0 radical (unpaired) electrons. The molecular formula is C14H19Cl2N3O3S. The van der Waals surface area contributed by atoms with E-state index in [4.69, 9.17) is 28.9 Å². The zero-order valence-corrected chi connectivity index (χ0v) is 15.0. The van der Waals surface area contributed by atoms with Gasteiger partial charge in [0.2, 0.25) is 15.9 Å². The van der Waals surface area contributed by atoms with Gasteiger partial charge in [0.1, 0.15) is 0 Å². The van der Waals surface area contributed by atoms with E-state index in [0.29, 0.717) is 18.1 Å². The van der Waals surface area contributed by atoms with Crippen molar-refractivity contribution in [2.45, 2.75) is 11.8 Å². The lowest BCUT2D eigenvalue weighted by Gasteiger charge is -2.35. The van der Waals surface area contributed by atoms with E-state index in [2.05, 4.69) is 0 Å². The Morgan fingerprint density at radius 1 is 1.22 bits per heavy atom. The molecule has 0 aromatic heterocycles. The number of carbonyl (C=O) groups excluding carboxylic acids is 1. The smallest absolute Gasteiger partial charge is 0.243 e. The second kappa shape index (κ2) is 7.36. The zero-order chi connectivity index (χ0) is 17.2. The van der Waals surface area contributed by atoms with Gasteiger partial charge >= 0.3 is 0 Å². The average molecular weight is 380 g/mol. The third-order valence-corrected chi connectivity index (χ3v) is 6.49. The Bertz CT molecular complexity index is 689. The van der Waals surface area contributed by atoms with Crippen molar-refractivity contribution in [3.05, 3.63) is 28.2 Å². The van der Waals surface area contributed by atoms with Crippen molar-refractivity contribution in [3.63, 3.8) is 0 Å². The molecule has 1 aliphatic rings. The number of sulfonamides is 1. The molecular weight excluding hydrogens is 361 g/mol. The van der Waals surface area contributed by atoms with Crippen LogP contribution < -0.4 is 5.73 Å². The maximum absolute atomic E-state index is 12.6. The predicted molar refractivity (Wildman–Crippen MR) is 90.0 cm³/mol. The van der Waals surface area contributed by atoms with Gasteiger partial charge < -0.3 is 10.6 Å². The number of nitrogens with zero attached hydrogens (tertiary/aromatic N) is 2. The molecule has 0 aliphatic carbocycles. The van der Waals surface area contributed by atoms with Gasteiger partial charge in [0, 0.05) is 38.6 Å². The normalized spacial score (nSPS) is 18.0. The Hall–Kier alpha value is -0.860. The maximum Gasteiger partial charge on any atom is 0.243 e. The highest BCUT2D eigenvalue weighted by Gasteiger charge is 2.31. The SMILES string of the molecule is CC(CN)C(=O)N1CCN(S(=O)(=O)c2ccc(Cl)c(Cl)c2)CC1. The standard InChI is InChI=1S/C14H19Cl2N3O3S/c1-10(9-17)14(20)18-4-6-19(7-5-18)23(21,22)11-2-3-12(15)13(16)8-11/h2-3,8,10H,4-7,9,17H2,1H3. The van der Waals surface area contributed by atoms with Crippen molar-refractivity contribution >= 4 is 39.1 Å². The van der Waals surface area contributed by atoms with Crippen LogP contribution in [-0.4, -0.2) is 56.3 Å². The molecule has 0 bridgehead atoms. The van der Waals surface area contributed by atoms with Gasteiger partial charge in [-0.05, 0) is 18.2 Å². The molecule has 23 heavy (non-hydrogen) atoms. The molecule has 1 fully saturated rings. The van der Waals surface area contributed by atoms with E-state index in [-0.39, 0.29) is 41.4 Å². The summed E-state index contributed by atoms with van der Waals surface area (Å²) < 4.78 is 26.6. The number of amides is 1. The Morgan fingerprint density at radius 3 is 2.35 bits per heavy atom. The van der Waals surface area contributed by atoms with Crippen LogP contribution in [0.3, 0.4) is 0 Å². The average Bonchev–Trinajstić information content (AvgIpc) is 2.55. The molecule has 1 amide bonds.